The van der Waals surface area contributed by atoms with E-state index in [9.17, 15) is 26.3 Å². The molecule has 0 aliphatic rings. The lowest BCUT2D eigenvalue weighted by Crippen LogP contribution is -2.15. The van der Waals surface area contributed by atoms with Crippen LogP contribution in [0.15, 0.2) is 42.5 Å². The summed E-state index contributed by atoms with van der Waals surface area (Å²) < 4.78 is 79.4. The number of para-hydroxylation sites is 1. The lowest BCUT2D eigenvalue weighted by molar-refractivity contribution is -0.143. The zero-order chi connectivity index (χ0) is 20.7. The summed E-state index contributed by atoms with van der Waals surface area (Å²) in [5, 5.41) is 0.783. The molecule has 0 bridgehead atoms. The van der Waals surface area contributed by atoms with Crippen molar-refractivity contribution in [2.45, 2.75) is 18.8 Å². The van der Waals surface area contributed by atoms with Gasteiger partial charge in [-0.3, -0.25) is 0 Å². The number of halogens is 6. The average molecular weight is 400 g/mol. The number of alkyl halides is 6. The summed E-state index contributed by atoms with van der Waals surface area (Å²) >= 11 is 0. The molecule has 3 aromatic rings. The topological polar surface area (TPSA) is 19.0 Å². The Morgan fingerprint density at radius 1 is 0.857 bits per heavy atom. The van der Waals surface area contributed by atoms with Gasteiger partial charge in [0, 0.05) is 23.1 Å². The van der Waals surface area contributed by atoms with E-state index in [2.05, 4.69) is 4.98 Å². The first kappa shape index (κ1) is 20.3. The van der Waals surface area contributed by atoms with Gasteiger partial charge in [0.05, 0.1) is 11.1 Å². The van der Waals surface area contributed by atoms with Crippen LogP contribution < -0.4 is 0 Å². The van der Waals surface area contributed by atoms with Crippen molar-refractivity contribution >= 4 is 10.9 Å². The molecule has 1 N–H and O–H groups in total. The summed E-state index contributed by atoms with van der Waals surface area (Å²) in [4.78, 5) is 4.91. The average Bonchev–Trinajstić information content (AvgIpc) is 2.96. The zero-order valence-electron chi connectivity index (χ0n) is 15.2. The SMILES string of the molecule is CN(C)CCc1c(-c2cc(C(F)(F)F)cc(C(F)(F)F)c2)[nH]c2ccccc12. The molecule has 2 nitrogen and oxygen atoms in total. The van der Waals surface area contributed by atoms with Crippen LogP contribution in [0.3, 0.4) is 0 Å². The minimum absolute atomic E-state index is 0.132. The van der Waals surface area contributed by atoms with Crippen molar-refractivity contribution in [3.63, 3.8) is 0 Å². The molecule has 1 aromatic heterocycles. The third-order valence-electron chi connectivity index (χ3n) is 4.50. The molecule has 150 valence electrons. The number of rotatable bonds is 4. The lowest BCUT2D eigenvalue weighted by atomic mass is 9.98. The Morgan fingerprint density at radius 3 is 1.96 bits per heavy atom. The van der Waals surface area contributed by atoms with Crippen molar-refractivity contribution in [1.29, 1.82) is 0 Å². The molecule has 8 heteroatoms. The minimum atomic E-state index is -4.88. The maximum atomic E-state index is 13.2. The van der Waals surface area contributed by atoms with Crippen LogP contribution in [0.1, 0.15) is 16.7 Å². The van der Waals surface area contributed by atoms with Crippen molar-refractivity contribution in [1.82, 2.24) is 9.88 Å². The van der Waals surface area contributed by atoms with Crippen LogP contribution in [0, 0.1) is 0 Å². The number of fused-ring (bicyclic) bond motifs is 1. The van der Waals surface area contributed by atoms with Crippen molar-refractivity contribution in [2.75, 3.05) is 20.6 Å². The highest BCUT2D eigenvalue weighted by atomic mass is 19.4. The summed E-state index contributed by atoms with van der Waals surface area (Å²) in [6.45, 7) is 0.597. The van der Waals surface area contributed by atoms with Crippen LogP contribution >= 0.6 is 0 Å². The normalized spacial score (nSPS) is 12.9. The molecule has 0 amide bonds. The van der Waals surface area contributed by atoms with Crippen molar-refractivity contribution in [3.8, 4) is 11.3 Å². The Morgan fingerprint density at radius 2 is 1.43 bits per heavy atom. The summed E-state index contributed by atoms with van der Waals surface area (Å²) in [6, 6.07) is 8.76. The van der Waals surface area contributed by atoms with Gasteiger partial charge in [0.25, 0.3) is 0 Å². The fraction of sp³-hybridized carbons (Fsp3) is 0.300. The maximum Gasteiger partial charge on any atom is 0.416 e. The first-order chi connectivity index (χ1) is 13.0. The first-order valence-corrected chi connectivity index (χ1v) is 8.51. The van der Waals surface area contributed by atoms with Crippen molar-refractivity contribution in [2.24, 2.45) is 0 Å². The van der Waals surface area contributed by atoms with E-state index in [0.717, 1.165) is 17.5 Å². The number of H-pyrrole nitrogens is 1. The molecule has 0 saturated carbocycles. The van der Waals surface area contributed by atoms with Gasteiger partial charge in [0.2, 0.25) is 0 Å². The Balaban J connectivity index is 2.25. The predicted molar refractivity (Wildman–Crippen MR) is 96.0 cm³/mol. The molecular weight excluding hydrogens is 382 g/mol. The van der Waals surface area contributed by atoms with Gasteiger partial charge in [0.15, 0.2) is 0 Å². The summed E-state index contributed by atoms with van der Waals surface area (Å²) in [7, 11) is 3.70. The number of aromatic amines is 1. The molecule has 1 heterocycles. The molecule has 2 aromatic carbocycles. The van der Waals surface area contributed by atoms with Gasteiger partial charge in [-0.2, -0.15) is 26.3 Å². The van der Waals surface area contributed by atoms with E-state index in [-0.39, 0.29) is 17.3 Å². The second kappa shape index (κ2) is 7.16. The molecule has 28 heavy (non-hydrogen) atoms. The molecule has 0 spiro atoms. The number of aromatic nitrogens is 1. The Bertz CT molecular complexity index is 950. The fourth-order valence-electron chi connectivity index (χ4n) is 3.14. The van der Waals surface area contributed by atoms with Crippen LogP contribution in [-0.4, -0.2) is 30.5 Å². The summed E-state index contributed by atoms with van der Waals surface area (Å²) in [6.07, 6.45) is -9.29. The third kappa shape index (κ3) is 4.16. The molecule has 0 aliphatic heterocycles. The molecule has 0 fully saturated rings. The number of likely N-dealkylation sites (N-methyl/N-ethyl adjacent to an activating group) is 1. The van der Waals surface area contributed by atoms with Crippen LogP contribution in [0.5, 0.6) is 0 Å². The largest absolute Gasteiger partial charge is 0.416 e. The van der Waals surface area contributed by atoms with E-state index in [1.54, 1.807) is 24.3 Å². The van der Waals surface area contributed by atoms with Gasteiger partial charge in [-0.1, -0.05) is 18.2 Å². The third-order valence-corrected chi connectivity index (χ3v) is 4.50. The Labute approximate surface area is 157 Å². The van der Waals surface area contributed by atoms with E-state index >= 15 is 0 Å². The van der Waals surface area contributed by atoms with Crippen LogP contribution in [-0.2, 0) is 18.8 Å². The molecule has 0 radical (unpaired) electrons. The molecule has 0 saturated heterocycles. The number of benzene rings is 2. The van der Waals surface area contributed by atoms with Gasteiger partial charge in [0.1, 0.15) is 0 Å². The predicted octanol–water partition coefficient (Wildman–Crippen LogP) is 5.98. The van der Waals surface area contributed by atoms with E-state index in [4.69, 9.17) is 0 Å². The van der Waals surface area contributed by atoms with Gasteiger partial charge in [-0.15, -0.1) is 0 Å². The highest BCUT2D eigenvalue weighted by Gasteiger charge is 2.37. The second-order valence-corrected chi connectivity index (χ2v) is 6.87. The van der Waals surface area contributed by atoms with E-state index < -0.39 is 23.5 Å². The van der Waals surface area contributed by atoms with Gasteiger partial charge >= 0.3 is 12.4 Å². The number of hydrogen-bond donors (Lipinski definition) is 1. The zero-order valence-corrected chi connectivity index (χ0v) is 15.2. The van der Waals surface area contributed by atoms with Crippen LogP contribution in [0.2, 0.25) is 0 Å². The maximum absolute atomic E-state index is 13.2. The number of nitrogens with one attached hydrogen (secondary N) is 1. The monoisotopic (exact) mass is 400 g/mol. The quantitative estimate of drug-likeness (QED) is 0.534. The Kier molecular flexibility index (Phi) is 5.18. The minimum Gasteiger partial charge on any atom is -0.354 e. The highest BCUT2D eigenvalue weighted by Crippen LogP contribution is 2.40. The summed E-state index contributed by atoms with van der Waals surface area (Å²) in [5.74, 6) is 0. The second-order valence-electron chi connectivity index (χ2n) is 6.87. The van der Waals surface area contributed by atoms with E-state index in [0.29, 0.717) is 24.0 Å². The van der Waals surface area contributed by atoms with Crippen LogP contribution in [0.25, 0.3) is 22.2 Å². The van der Waals surface area contributed by atoms with Gasteiger partial charge in [-0.05, 0) is 55.9 Å². The fourth-order valence-corrected chi connectivity index (χ4v) is 3.14. The van der Waals surface area contributed by atoms with Gasteiger partial charge in [-0.25, -0.2) is 0 Å². The molecule has 0 unspecified atom stereocenters. The number of hydrogen-bond acceptors (Lipinski definition) is 1. The Hall–Kier alpha value is -2.48. The van der Waals surface area contributed by atoms with Crippen LogP contribution in [0.4, 0.5) is 26.3 Å². The van der Waals surface area contributed by atoms with Crippen molar-refractivity contribution < 1.29 is 26.3 Å². The molecule has 3 rings (SSSR count). The van der Waals surface area contributed by atoms with E-state index in [1.165, 1.54) is 0 Å². The highest BCUT2D eigenvalue weighted by molar-refractivity contribution is 5.91. The first-order valence-electron chi connectivity index (χ1n) is 8.51. The van der Waals surface area contributed by atoms with Gasteiger partial charge < -0.3 is 9.88 Å². The molecule has 0 atom stereocenters. The lowest BCUT2D eigenvalue weighted by Gasteiger charge is -2.15. The number of nitrogens with zero attached hydrogens (tertiary/aromatic N) is 1. The van der Waals surface area contributed by atoms with E-state index in [1.807, 2.05) is 19.0 Å². The smallest absolute Gasteiger partial charge is 0.354 e. The molecular formula is C20H18F6N2. The standard InChI is InChI=1S/C20H18F6N2/c1-28(2)8-7-16-15-5-3-4-6-17(15)27-18(16)12-9-13(19(21,22)23)11-14(10-12)20(24,25)26/h3-6,9-11,27H,7-8H2,1-2H3. The summed E-state index contributed by atoms with van der Waals surface area (Å²) in [5.41, 5.74) is -1.15. The molecule has 0 aliphatic carbocycles. The van der Waals surface area contributed by atoms with Crippen molar-refractivity contribution in [3.05, 3.63) is 59.2 Å².